The molecule has 6 heteroatoms. The molecule has 1 aliphatic heterocycles. The molecular weight excluding hydrogens is 282 g/mol. The van der Waals surface area contributed by atoms with Gasteiger partial charge in [0, 0.05) is 11.8 Å². The maximum absolute atomic E-state index is 12.1. The number of H-pyrrole nitrogens is 1. The molecule has 2 heterocycles. The molecule has 0 fully saturated rings. The van der Waals surface area contributed by atoms with Crippen molar-refractivity contribution in [3.05, 3.63) is 48.3 Å². The second kappa shape index (κ2) is 5.07. The highest BCUT2D eigenvalue weighted by Crippen LogP contribution is 2.34. The first-order valence-electron chi connectivity index (χ1n) is 6.89. The van der Waals surface area contributed by atoms with Crippen molar-refractivity contribution in [3.8, 4) is 11.5 Å². The van der Waals surface area contributed by atoms with Crippen molar-refractivity contribution in [2.75, 3.05) is 12.1 Å². The molecule has 0 radical (unpaired) electrons. The van der Waals surface area contributed by atoms with Crippen molar-refractivity contribution in [2.45, 2.75) is 6.42 Å². The smallest absolute Gasteiger partial charge is 0.231 e. The molecule has 0 saturated carbocycles. The number of amides is 1. The molecular formula is C16H13N3O3. The molecule has 22 heavy (non-hydrogen) atoms. The summed E-state index contributed by atoms with van der Waals surface area (Å²) in [6.45, 7) is 0.219. The number of aromatic amines is 1. The van der Waals surface area contributed by atoms with E-state index in [0.29, 0.717) is 23.6 Å². The highest BCUT2D eigenvalue weighted by atomic mass is 16.7. The molecule has 0 bridgehead atoms. The normalized spacial score (nSPS) is 12.5. The van der Waals surface area contributed by atoms with Gasteiger partial charge in [-0.25, -0.2) is 4.98 Å². The van der Waals surface area contributed by atoms with Gasteiger partial charge in [0.2, 0.25) is 12.7 Å². The number of hydrogen-bond acceptors (Lipinski definition) is 4. The van der Waals surface area contributed by atoms with Crippen molar-refractivity contribution < 1.29 is 14.3 Å². The van der Waals surface area contributed by atoms with Crippen LogP contribution < -0.4 is 14.8 Å². The zero-order valence-electron chi connectivity index (χ0n) is 11.6. The van der Waals surface area contributed by atoms with Crippen LogP contribution in [0.1, 0.15) is 5.56 Å². The quantitative estimate of drug-likeness (QED) is 0.778. The molecule has 0 saturated heterocycles. The third-order valence-electron chi connectivity index (χ3n) is 3.51. The molecule has 0 spiro atoms. The van der Waals surface area contributed by atoms with Gasteiger partial charge in [-0.15, -0.1) is 0 Å². The summed E-state index contributed by atoms with van der Waals surface area (Å²) in [4.78, 5) is 19.3. The Morgan fingerprint density at radius 2 is 2.09 bits per heavy atom. The van der Waals surface area contributed by atoms with Crippen molar-refractivity contribution >= 4 is 22.6 Å². The molecule has 0 aliphatic carbocycles. The lowest BCUT2D eigenvalue weighted by atomic mass is 10.1. The van der Waals surface area contributed by atoms with E-state index in [-0.39, 0.29) is 12.7 Å². The van der Waals surface area contributed by atoms with E-state index in [0.717, 1.165) is 16.6 Å². The Bertz CT molecular complexity index is 857. The molecule has 2 N–H and O–H groups in total. The summed E-state index contributed by atoms with van der Waals surface area (Å²) >= 11 is 0. The van der Waals surface area contributed by atoms with Crippen LogP contribution in [0.3, 0.4) is 0 Å². The number of fused-ring (bicyclic) bond motifs is 2. The highest BCUT2D eigenvalue weighted by molar-refractivity contribution is 5.93. The van der Waals surface area contributed by atoms with Crippen molar-refractivity contribution in [1.82, 2.24) is 9.97 Å². The Balaban J connectivity index is 1.47. The van der Waals surface area contributed by atoms with Gasteiger partial charge >= 0.3 is 0 Å². The fourth-order valence-electron chi connectivity index (χ4n) is 2.46. The molecule has 0 atom stereocenters. The molecule has 4 rings (SSSR count). The number of nitrogens with one attached hydrogen (secondary N) is 2. The van der Waals surface area contributed by atoms with Gasteiger partial charge in [-0.2, -0.15) is 0 Å². The Morgan fingerprint density at radius 3 is 3.05 bits per heavy atom. The Labute approximate surface area is 126 Å². The van der Waals surface area contributed by atoms with Gasteiger partial charge in [-0.3, -0.25) is 4.79 Å². The molecule has 6 nitrogen and oxygen atoms in total. The Hall–Kier alpha value is -3.02. The molecule has 1 amide bonds. The number of carbonyl (C=O) groups is 1. The fourth-order valence-corrected chi connectivity index (χ4v) is 2.46. The first kappa shape index (κ1) is 12.7. The predicted octanol–water partition coefficient (Wildman–Crippen LogP) is 2.47. The number of rotatable bonds is 3. The van der Waals surface area contributed by atoms with E-state index in [4.69, 9.17) is 9.47 Å². The molecule has 110 valence electrons. The van der Waals surface area contributed by atoms with Gasteiger partial charge < -0.3 is 19.8 Å². The molecule has 1 aliphatic rings. The van der Waals surface area contributed by atoms with E-state index >= 15 is 0 Å². The standard InChI is InChI=1S/C16H13N3O3/c20-16(6-10-1-3-12-13(5-10)18-8-17-12)19-11-2-4-14-15(7-11)22-9-21-14/h1-5,7-8H,6,9H2,(H,17,18)(H,19,20). The van der Waals surface area contributed by atoms with E-state index in [1.165, 1.54) is 0 Å². The van der Waals surface area contributed by atoms with E-state index in [2.05, 4.69) is 15.3 Å². The SMILES string of the molecule is O=C(Cc1ccc2nc[nH]c2c1)Nc1ccc2c(c1)OCO2. The van der Waals surface area contributed by atoms with Crippen LogP contribution in [0.5, 0.6) is 11.5 Å². The van der Waals surface area contributed by atoms with Crippen LogP contribution in [0.15, 0.2) is 42.7 Å². The lowest BCUT2D eigenvalue weighted by Gasteiger charge is -2.06. The van der Waals surface area contributed by atoms with Crippen LogP contribution in [0.2, 0.25) is 0 Å². The maximum Gasteiger partial charge on any atom is 0.231 e. The summed E-state index contributed by atoms with van der Waals surface area (Å²) < 4.78 is 10.5. The Kier molecular flexibility index (Phi) is 2.93. The van der Waals surface area contributed by atoms with E-state index in [1.54, 1.807) is 24.5 Å². The first-order valence-corrected chi connectivity index (χ1v) is 6.89. The fraction of sp³-hybridized carbons (Fsp3) is 0.125. The van der Waals surface area contributed by atoms with Crippen molar-refractivity contribution in [2.24, 2.45) is 0 Å². The predicted molar refractivity (Wildman–Crippen MR) is 81.0 cm³/mol. The number of aromatic nitrogens is 2. The van der Waals surface area contributed by atoms with Gasteiger partial charge in [0.15, 0.2) is 11.5 Å². The summed E-state index contributed by atoms with van der Waals surface area (Å²) in [6.07, 6.45) is 1.94. The van der Waals surface area contributed by atoms with Crippen LogP contribution in [0, 0.1) is 0 Å². The molecule has 3 aromatic rings. The third-order valence-corrected chi connectivity index (χ3v) is 3.51. The zero-order valence-corrected chi connectivity index (χ0v) is 11.6. The summed E-state index contributed by atoms with van der Waals surface area (Å²) in [7, 11) is 0. The van der Waals surface area contributed by atoms with Gasteiger partial charge in [0.05, 0.1) is 23.8 Å². The van der Waals surface area contributed by atoms with Crippen LogP contribution in [-0.4, -0.2) is 22.7 Å². The van der Waals surface area contributed by atoms with E-state index in [1.807, 2.05) is 18.2 Å². The van der Waals surface area contributed by atoms with E-state index < -0.39 is 0 Å². The number of benzene rings is 2. The second-order valence-electron chi connectivity index (χ2n) is 5.05. The summed E-state index contributed by atoms with van der Waals surface area (Å²) in [5.41, 5.74) is 3.43. The largest absolute Gasteiger partial charge is 0.454 e. The van der Waals surface area contributed by atoms with Gasteiger partial charge in [0.1, 0.15) is 0 Å². The molecule has 0 unspecified atom stereocenters. The van der Waals surface area contributed by atoms with Crippen LogP contribution in [0.4, 0.5) is 5.69 Å². The monoisotopic (exact) mass is 295 g/mol. The summed E-state index contributed by atoms with van der Waals surface area (Å²) in [5, 5.41) is 2.86. The lowest BCUT2D eigenvalue weighted by molar-refractivity contribution is -0.115. The average molecular weight is 295 g/mol. The topological polar surface area (TPSA) is 76.2 Å². The minimum atomic E-state index is -0.0854. The van der Waals surface area contributed by atoms with Gasteiger partial charge in [0.25, 0.3) is 0 Å². The lowest BCUT2D eigenvalue weighted by Crippen LogP contribution is -2.14. The number of hydrogen-bond donors (Lipinski definition) is 2. The third kappa shape index (κ3) is 2.35. The minimum absolute atomic E-state index is 0.0854. The second-order valence-corrected chi connectivity index (χ2v) is 5.05. The Morgan fingerprint density at radius 1 is 1.18 bits per heavy atom. The van der Waals surface area contributed by atoms with Crippen LogP contribution >= 0.6 is 0 Å². The number of anilines is 1. The number of imidazole rings is 1. The number of carbonyl (C=O) groups excluding carboxylic acids is 1. The van der Waals surface area contributed by atoms with Crippen LogP contribution in [-0.2, 0) is 11.2 Å². The van der Waals surface area contributed by atoms with Gasteiger partial charge in [-0.1, -0.05) is 6.07 Å². The average Bonchev–Trinajstić information content (AvgIpc) is 3.14. The van der Waals surface area contributed by atoms with Crippen molar-refractivity contribution in [1.29, 1.82) is 0 Å². The minimum Gasteiger partial charge on any atom is -0.454 e. The summed E-state index contributed by atoms with van der Waals surface area (Å²) in [6, 6.07) is 11.1. The number of nitrogens with zero attached hydrogens (tertiary/aromatic N) is 1. The van der Waals surface area contributed by atoms with Crippen molar-refractivity contribution in [3.63, 3.8) is 0 Å². The molecule has 1 aromatic heterocycles. The van der Waals surface area contributed by atoms with E-state index in [9.17, 15) is 4.79 Å². The summed E-state index contributed by atoms with van der Waals surface area (Å²) in [5.74, 6) is 1.26. The van der Waals surface area contributed by atoms with Gasteiger partial charge in [-0.05, 0) is 29.8 Å². The highest BCUT2D eigenvalue weighted by Gasteiger charge is 2.14. The molecule has 2 aromatic carbocycles. The first-order chi connectivity index (χ1) is 10.8. The zero-order chi connectivity index (χ0) is 14.9. The number of ether oxygens (including phenoxy) is 2. The maximum atomic E-state index is 12.1. The van der Waals surface area contributed by atoms with Crippen LogP contribution in [0.25, 0.3) is 11.0 Å².